The Morgan fingerprint density at radius 2 is 1.84 bits per heavy atom. The van der Waals surface area contributed by atoms with E-state index in [9.17, 15) is 10.5 Å². The van der Waals surface area contributed by atoms with Gasteiger partial charge in [0.15, 0.2) is 0 Å². The third-order valence-corrected chi connectivity index (χ3v) is 5.15. The van der Waals surface area contributed by atoms with Crippen LogP contribution >= 0.6 is 0 Å². The van der Waals surface area contributed by atoms with Crippen molar-refractivity contribution in [3.63, 3.8) is 0 Å². The lowest BCUT2D eigenvalue weighted by atomic mass is 9.73. The van der Waals surface area contributed by atoms with E-state index in [1.165, 1.54) is 18.5 Å². The van der Waals surface area contributed by atoms with Crippen molar-refractivity contribution in [1.29, 1.82) is 15.8 Å². The molecule has 1 atom stereocenters. The zero-order chi connectivity index (χ0) is 18.3. The predicted octanol–water partition coefficient (Wildman–Crippen LogP) is 4.83. The monoisotopic (exact) mass is 336 g/mol. The molecule has 0 spiro atoms. The lowest BCUT2D eigenvalue weighted by molar-refractivity contribution is 0.286. The van der Waals surface area contributed by atoms with Crippen LogP contribution in [0.2, 0.25) is 0 Å². The Labute approximate surface area is 152 Å². The zero-order valence-corrected chi connectivity index (χ0v) is 15.5. The molecule has 0 saturated carbocycles. The topological polar surface area (TPSA) is 74.6 Å². The van der Waals surface area contributed by atoms with E-state index in [1.807, 2.05) is 6.08 Å². The van der Waals surface area contributed by atoms with Gasteiger partial charge in [-0.05, 0) is 49.5 Å². The SMILES string of the molecule is CC1(C)CC(N2CCCC2)=C(C#N)/C(=C/C(C#N)CCCCC#N)C1. The summed E-state index contributed by atoms with van der Waals surface area (Å²) in [6.45, 7) is 6.58. The molecule has 0 amide bonds. The molecular formula is C21H28N4. The van der Waals surface area contributed by atoms with Gasteiger partial charge in [0.2, 0.25) is 0 Å². The van der Waals surface area contributed by atoms with E-state index >= 15 is 0 Å². The molecule has 0 aromatic heterocycles. The maximum Gasteiger partial charge on any atom is 0.101 e. The highest BCUT2D eigenvalue weighted by Crippen LogP contribution is 2.44. The van der Waals surface area contributed by atoms with Crippen molar-refractivity contribution >= 4 is 0 Å². The first kappa shape index (κ1) is 19.1. The summed E-state index contributed by atoms with van der Waals surface area (Å²) in [5.41, 5.74) is 3.15. The number of rotatable bonds is 6. The minimum absolute atomic E-state index is 0.116. The first-order chi connectivity index (χ1) is 12.0. The van der Waals surface area contributed by atoms with Crippen molar-refractivity contribution in [2.45, 2.75) is 65.2 Å². The molecule has 1 heterocycles. The van der Waals surface area contributed by atoms with E-state index in [0.29, 0.717) is 6.42 Å². The van der Waals surface area contributed by atoms with Crippen molar-refractivity contribution < 1.29 is 0 Å². The molecule has 0 N–H and O–H groups in total. The minimum atomic E-state index is -0.175. The molecule has 2 rings (SSSR count). The molecule has 132 valence electrons. The van der Waals surface area contributed by atoms with Gasteiger partial charge < -0.3 is 4.90 Å². The number of hydrogen-bond donors (Lipinski definition) is 0. The van der Waals surface area contributed by atoms with Crippen molar-refractivity contribution in [3.05, 3.63) is 22.9 Å². The molecule has 1 aliphatic heterocycles. The molecule has 25 heavy (non-hydrogen) atoms. The zero-order valence-electron chi connectivity index (χ0n) is 15.5. The number of unbranched alkanes of at least 4 members (excludes halogenated alkanes) is 2. The predicted molar refractivity (Wildman–Crippen MR) is 97.7 cm³/mol. The van der Waals surface area contributed by atoms with Gasteiger partial charge >= 0.3 is 0 Å². The van der Waals surface area contributed by atoms with Gasteiger partial charge in [-0.2, -0.15) is 15.8 Å². The van der Waals surface area contributed by atoms with Crippen LogP contribution in [0.5, 0.6) is 0 Å². The number of likely N-dealkylation sites (tertiary alicyclic amines) is 1. The van der Waals surface area contributed by atoms with Gasteiger partial charge in [0.1, 0.15) is 6.07 Å². The summed E-state index contributed by atoms with van der Waals surface area (Å²) in [6, 6.07) is 6.97. The Hall–Kier alpha value is -2.25. The van der Waals surface area contributed by atoms with Crippen LogP contribution in [0.3, 0.4) is 0 Å². The van der Waals surface area contributed by atoms with E-state index in [4.69, 9.17) is 5.26 Å². The molecule has 2 aliphatic rings. The van der Waals surface area contributed by atoms with Gasteiger partial charge in [-0.25, -0.2) is 0 Å². The van der Waals surface area contributed by atoms with Crippen LogP contribution in [0.25, 0.3) is 0 Å². The fourth-order valence-corrected chi connectivity index (χ4v) is 3.93. The van der Waals surface area contributed by atoms with Crippen molar-refractivity contribution in [3.8, 4) is 18.2 Å². The summed E-state index contributed by atoms with van der Waals surface area (Å²) in [5.74, 6) is -0.175. The van der Waals surface area contributed by atoms with Gasteiger partial charge in [0.25, 0.3) is 0 Å². The average molecular weight is 336 g/mol. The van der Waals surface area contributed by atoms with Gasteiger partial charge in [-0.15, -0.1) is 0 Å². The highest BCUT2D eigenvalue weighted by Gasteiger charge is 2.34. The van der Waals surface area contributed by atoms with Crippen LogP contribution in [0.1, 0.15) is 65.2 Å². The number of hydrogen-bond acceptors (Lipinski definition) is 4. The third kappa shape index (κ3) is 5.11. The van der Waals surface area contributed by atoms with E-state index in [1.54, 1.807) is 0 Å². The van der Waals surface area contributed by atoms with E-state index in [2.05, 4.69) is 37.0 Å². The highest BCUT2D eigenvalue weighted by molar-refractivity contribution is 5.49. The van der Waals surface area contributed by atoms with Gasteiger partial charge in [0.05, 0.1) is 23.6 Å². The number of allylic oxidation sites excluding steroid dienone is 4. The smallest absolute Gasteiger partial charge is 0.101 e. The van der Waals surface area contributed by atoms with Crippen LogP contribution in [-0.2, 0) is 0 Å². The summed E-state index contributed by atoms with van der Waals surface area (Å²) < 4.78 is 0. The first-order valence-corrected chi connectivity index (χ1v) is 9.36. The summed E-state index contributed by atoms with van der Waals surface area (Å²) in [7, 11) is 0. The third-order valence-electron chi connectivity index (χ3n) is 5.15. The van der Waals surface area contributed by atoms with E-state index in [-0.39, 0.29) is 11.3 Å². The molecule has 1 aliphatic carbocycles. The molecule has 1 fully saturated rings. The summed E-state index contributed by atoms with van der Waals surface area (Å²) in [4.78, 5) is 2.38. The molecule has 4 nitrogen and oxygen atoms in total. The van der Waals surface area contributed by atoms with Crippen LogP contribution in [0, 0.1) is 45.3 Å². The van der Waals surface area contributed by atoms with Crippen LogP contribution < -0.4 is 0 Å². The van der Waals surface area contributed by atoms with Gasteiger partial charge in [-0.1, -0.05) is 26.3 Å². The molecule has 1 saturated heterocycles. The summed E-state index contributed by atoms with van der Waals surface area (Å²) >= 11 is 0. The minimum Gasteiger partial charge on any atom is -0.374 e. The molecule has 0 radical (unpaired) electrons. The highest BCUT2D eigenvalue weighted by atomic mass is 15.2. The van der Waals surface area contributed by atoms with Crippen LogP contribution in [0.4, 0.5) is 0 Å². The quantitative estimate of drug-likeness (QED) is 0.651. The second-order valence-corrected chi connectivity index (χ2v) is 7.98. The van der Waals surface area contributed by atoms with Crippen molar-refractivity contribution in [1.82, 2.24) is 4.90 Å². The second kappa shape index (κ2) is 8.73. The Morgan fingerprint density at radius 1 is 1.12 bits per heavy atom. The second-order valence-electron chi connectivity index (χ2n) is 7.98. The lowest BCUT2D eigenvalue weighted by Crippen LogP contribution is -2.29. The molecule has 0 aromatic carbocycles. The Kier molecular flexibility index (Phi) is 6.66. The Bertz CT molecular complexity index is 657. The largest absolute Gasteiger partial charge is 0.374 e. The van der Waals surface area contributed by atoms with E-state index < -0.39 is 0 Å². The van der Waals surface area contributed by atoms with E-state index in [0.717, 1.165) is 56.3 Å². The fourth-order valence-electron chi connectivity index (χ4n) is 3.93. The first-order valence-electron chi connectivity index (χ1n) is 9.36. The fraction of sp³-hybridized carbons (Fsp3) is 0.667. The molecule has 0 aromatic rings. The van der Waals surface area contributed by atoms with Crippen molar-refractivity contribution in [2.75, 3.05) is 13.1 Å². The van der Waals surface area contributed by atoms with Crippen molar-refractivity contribution in [2.24, 2.45) is 11.3 Å². The molecule has 4 heteroatoms. The standard InChI is InChI=1S/C21H28N4/c1-21(2)13-18(12-17(15-23)8-4-3-5-9-22)19(16-24)20(14-21)25-10-6-7-11-25/h12,17H,3-8,10-11,13-14H2,1-2H3/b18-12+. The maximum absolute atomic E-state index is 9.80. The lowest BCUT2D eigenvalue weighted by Gasteiger charge is -2.37. The molecule has 1 unspecified atom stereocenters. The normalized spacial score (nSPS) is 22.4. The van der Waals surface area contributed by atoms with Gasteiger partial charge in [0, 0.05) is 25.2 Å². The maximum atomic E-state index is 9.80. The molecule has 0 bridgehead atoms. The van der Waals surface area contributed by atoms with Crippen LogP contribution in [0.15, 0.2) is 22.9 Å². The average Bonchev–Trinajstić information content (AvgIpc) is 3.11. The summed E-state index contributed by atoms with van der Waals surface area (Å²) in [6.07, 6.45) is 9.23. The summed E-state index contributed by atoms with van der Waals surface area (Å²) in [5, 5.41) is 27.9. The van der Waals surface area contributed by atoms with Crippen LogP contribution in [-0.4, -0.2) is 18.0 Å². The Morgan fingerprint density at radius 3 is 2.44 bits per heavy atom. The Balaban J connectivity index is 2.26. The number of nitriles is 3. The number of nitrogens with zero attached hydrogens (tertiary/aromatic N) is 4. The molecular weight excluding hydrogens is 308 g/mol. The van der Waals surface area contributed by atoms with Gasteiger partial charge in [-0.3, -0.25) is 0 Å².